The lowest BCUT2D eigenvalue weighted by atomic mass is 9.80. The van der Waals surface area contributed by atoms with Gasteiger partial charge < -0.3 is 15.3 Å². The second-order valence-corrected chi connectivity index (χ2v) is 8.83. The second kappa shape index (κ2) is 11.8. The topological polar surface area (TPSA) is 77.8 Å². The molecule has 158 valence electrons. The molecule has 5 heteroatoms. The molecule has 1 saturated carbocycles. The zero-order valence-electron chi connectivity index (χ0n) is 17.2. The van der Waals surface area contributed by atoms with Gasteiger partial charge in [0, 0.05) is 18.8 Å². The van der Waals surface area contributed by atoms with Crippen LogP contribution in [-0.4, -0.2) is 39.7 Å². The van der Waals surface area contributed by atoms with Gasteiger partial charge in [0.15, 0.2) is 0 Å². The van der Waals surface area contributed by atoms with E-state index in [2.05, 4.69) is 6.92 Å². The first-order valence-electron chi connectivity index (χ1n) is 10.6. The number of carbonyl (C=O) groups is 1. The normalized spacial score (nSPS) is 27.3. The quantitative estimate of drug-likeness (QED) is 0.311. The molecule has 0 aromatic rings. The number of carboxylic acids is 1. The fourth-order valence-electron chi connectivity index (χ4n) is 4.02. The molecule has 0 heterocycles. The summed E-state index contributed by atoms with van der Waals surface area (Å²) in [5, 5.41) is 29.4. The van der Waals surface area contributed by atoms with Gasteiger partial charge in [0.05, 0.1) is 12.2 Å². The van der Waals surface area contributed by atoms with Crippen LogP contribution in [0.2, 0.25) is 0 Å². The van der Waals surface area contributed by atoms with Crippen LogP contribution in [0.4, 0.5) is 4.39 Å². The Bertz CT molecular complexity index is 463. The highest BCUT2D eigenvalue weighted by Crippen LogP contribution is 2.39. The van der Waals surface area contributed by atoms with Gasteiger partial charge in [-0.25, -0.2) is 4.39 Å². The van der Waals surface area contributed by atoms with Crippen LogP contribution in [0.1, 0.15) is 85.0 Å². The first kappa shape index (κ1) is 24.1. The molecule has 0 amide bonds. The Balaban J connectivity index is 2.53. The number of aliphatic hydroxyl groups excluding tert-OH is 2. The van der Waals surface area contributed by atoms with Crippen molar-refractivity contribution in [2.45, 2.75) is 103 Å². The molecular formula is C22H39FO4. The van der Waals surface area contributed by atoms with Crippen LogP contribution in [0.25, 0.3) is 0 Å². The van der Waals surface area contributed by atoms with Gasteiger partial charge >= 0.3 is 5.97 Å². The van der Waals surface area contributed by atoms with Crippen LogP contribution in [0.15, 0.2) is 12.2 Å². The van der Waals surface area contributed by atoms with Gasteiger partial charge in [-0.1, -0.05) is 65.0 Å². The molecule has 0 aromatic carbocycles. The van der Waals surface area contributed by atoms with Crippen molar-refractivity contribution in [2.75, 3.05) is 0 Å². The summed E-state index contributed by atoms with van der Waals surface area (Å²) in [5.41, 5.74) is -0.231. The number of unbranched alkanes of at least 4 members (excludes halogenated alkanes) is 4. The van der Waals surface area contributed by atoms with Crippen molar-refractivity contribution in [1.82, 2.24) is 0 Å². The molecule has 0 unspecified atom stereocenters. The van der Waals surface area contributed by atoms with E-state index in [-0.39, 0.29) is 30.1 Å². The van der Waals surface area contributed by atoms with Gasteiger partial charge in [0.25, 0.3) is 0 Å². The molecule has 4 nitrogen and oxygen atoms in total. The third-order valence-electron chi connectivity index (χ3n) is 6.04. The standard InChI is InChI=1S/C22H39FO4/c1-4-5-14-22(2,3)20(25)13-12-17-16(18(23)15-19(17)24)10-8-6-7-9-11-21(26)27/h12-13,16-20,24-25H,4-11,14-15H2,1-3H3,(H,26,27)/t16-,17-,18-,19-,20-/m1/s1. The van der Waals surface area contributed by atoms with Crippen LogP contribution in [0.5, 0.6) is 0 Å². The van der Waals surface area contributed by atoms with Gasteiger partial charge in [0.2, 0.25) is 0 Å². The van der Waals surface area contributed by atoms with Crippen LogP contribution in [0, 0.1) is 17.3 Å². The first-order valence-corrected chi connectivity index (χ1v) is 10.6. The summed E-state index contributed by atoms with van der Waals surface area (Å²) in [4.78, 5) is 10.5. The van der Waals surface area contributed by atoms with Gasteiger partial charge in [-0.15, -0.1) is 0 Å². The molecule has 1 aliphatic carbocycles. The minimum atomic E-state index is -1.01. The number of hydrogen-bond acceptors (Lipinski definition) is 3. The fraction of sp³-hybridized carbons (Fsp3) is 0.864. The summed E-state index contributed by atoms with van der Waals surface area (Å²) in [6.07, 6.45) is 8.58. The van der Waals surface area contributed by atoms with E-state index in [1.54, 1.807) is 6.08 Å². The Morgan fingerprint density at radius 3 is 2.52 bits per heavy atom. The van der Waals surface area contributed by atoms with Crippen molar-refractivity contribution < 1.29 is 24.5 Å². The van der Waals surface area contributed by atoms with Crippen molar-refractivity contribution in [3.8, 4) is 0 Å². The minimum Gasteiger partial charge on any atom is -0.481 e. The highest BCUT2D eigenvalue weighted by molar-refractivity contribution is 5.66. The van der Waals surface area contributed by atoms with Crippen molar-refractivity contribution in [3.05, 3.63) is 12.2 Å². The maximum absolute atomic E-state index is 14.4. The van der Waals surface area contributed by atoms with E-state index in [0.717, 1.165) is 38.5 Å². The summed E-state index contributed by atoms with van der Waals surface area (Å²) in [6.45, 7) is 6.20. The maximum atomic E-state index is 14.4. The number of hydrogen-bond donors (Lipinski definition) is 3. The van der Waals surface area contributed by atoms with E-state index in [0.29, 0.717) is 12.8 Å². The van der Waals surface area contributed by atoms with Gasteiger partial charge in [0.1, 0.15) is 6.17 Å². The zero-order valence-corrected chi connectivity index (χ0v) is 17.2. The molecule has 0 aliphatic heterocycles. The van der Waals surface area contributed by atoms with Crippen molar-refractivity contribution in [1.29, 1.82) is 0 Å². The molecule has 1 fully saturated rings. The maximum Gasteiger partial charge on any atom is 0.303 e. The molecule has 0 bridgehead atoms. The van der Waals surface area contributed by atoms with Crippen molar-refractivity contribution >= 4 is 5.97 Å². The summed E-state index contributed by atoms with van der Waals surface area (Å²) in [6, 6.07) is 0. The van der Waals surface area contributed by atoms with E-state index in [1.165, 1.54) is 0 Å². The number of carboxylic acid groups (broad SMARTS) is 1. The Kier molecular flexibility index (Phi) is 10.5. The predicted octanol–water partition coefficient (Wildman–Crippen LogP) is 4.88. The summed E-state index contributed by atoms with van der Waals surface area (Å²) < 4.78 is 14.4. The second-order valence-electron chi connectivity index (χ2n) is 8.83. The summed E-state index contributed by atoms with van der Waals surface area (Å²) >= 11 is 0. The summed E-state index contributed by atoms with van der Waals surface area (Å²) in [7, 11) is 0. The zero-order chi connectivity index (χ0) is 20.4. The number of aliphatic hydroxyl groups is 2. The summed E-state index contributed by atoms with van der Waals surface area (Å²) in [5.74, 6) is -1.25. The molecule has 27 heavy (non-hydrogen) atoms. The lowest BCUT2D eigenvalue weighted by Crippen LogP contribution is -2.28. The molecule has 1 aliphatic rings. The molecule has 1 rings (SSSR count). The van der Waals surface area contributed by atoms with Crippen LogP contribution in [0.3, 0.4) is 0 Å². The van der Waals surface area contributed by atoms with Crippen molar-refractivity contribution in [2.24, 2.45) is 17.3 Å². The fourth-order valence-corrected chi connectivity index (χ4v) is 4.02. The minimum absolute atomic E-state index is 0.161. The van der Waals surface area contributed by atoms with Crippen molar-refractivity contribution in [3.63, 3.8) is 0 Å². The highest BCUT2D eigenvalue weighted by atomic mass is 19.1. The SMILES string of the molecule is CCCCC(C)(C)[C@H](O)C=C[C@@H]1[C@@H](CCCCCCC(=O)O)[C@H](F)C[C@H]1O. The monoisotopic (exact) mass is 386 g/mol. The molecular weight excluding hydrogens is 347 g/mol. The van der Waals surface area contributed by atoms with E-state index in [4.69, 9.17) is 5.11 Å². The van der Waals surface area contributed by atoms with E-state index in [9.17, 15) is 19.4 Å². The lowest BCUT2D eigenvalue weighted by molar-refractivity contribution is -0.137. The Labute approximate surface area is 163 Å². The predicted molar refractivity (Wildman–Crippen MR) is 106 cm³/mol. The molecule has 0 spiro atoms. The average molecular weight is 387 g/mol. The number of halogens is 1. The number of aliphatic carboxylic acids is 1. The van der Waals surface area contributed by atoms with E-state index in [1.807, 2.05) is 19.9 Å². The van der Waals surface area contributed by atoms with Gasteiger partial charge in [-0.05, 0) is 30.6 Å². The molecule has 0 radical (unpaired) electrons. The third kappa shape index (κ3) is 8.30. The van der Waals surface area contributed by atoms with Gasteiger partial charge in [-0.3, -0.25) is 4.79 Å². The van der Waals surface area contributed by atoms with Gasteiger partial charge in [-0.2, -0.15) is 0 Å². The van der Waals surface area contributed by atoms with Crippen LogP contribution >= 0.6 is 0 Å². The van der Waals surface area contributed by atoms with Crippen LogP contribution in [-0.2, 0) is 4.79 Å². The number of rotatable bonds is 13. The largest absolute Gasteiger partial charge is 0.481 e. The van der Waals surface area contributed by atoms with E-state index < -0.39 is 24.3 Å². The Hall–Kier alpha value is -0.940. The highest BCUT2D eigenvalue weighted by Gasteiger charge is 2.41. The average Bonchev–Trinajstić information content (AvgIpc) is 2.86. The number of alkyl halides is 1. The first-order chi connectivity index (χ1) is 12.7. The Morgan fingerprint density at radius 2 is 1.89 bits per heavy atom. The molecule has 0 aromatic heterocycles. The molecule has 0 saturated heterocycles. The third-order valence-corrected chi connectivity index (χ3v) is 6.04. The van der Waals surface area contributed by atoms with E-state index >= 15 is 0 Å². The Morgan fingerprint density at radius 1 is 1.22 bits per heavy atom. The van der Waals surface area contributed by atoms with Crippen LogP contribution < -0.4 is 0 Å². The molecule has 3 N–H and O–H groups in total. The molecule has 5 atom stereocenters. The lowest BCUT2D eigenvalue weighted by Gasteiger charge is -2.29. The smallest absolute Gasteiger partial charge is 0.303 e.